The van der Waals surface area contributed by atoms with Crippen LogP contribution in [0.15, 0.2) is 18.2 Å². The normalized spacial score (nSPS) is 10.5. The van der Waals surface area contributed by atoms with Crippen LogP contribution in [0.5, 0.6) is 0 Å². The molecule has 16 heavy (non-hydrogen) atoms. The van der Waals surface area contributed by atoms with Gasteiger partial charge in [-0.3, -0.25) is 10.1 Å². The second kappa shape index (κ2) is 4.83. The lowest BCUT2D eigenvalue weighted by atomic mass is 10.2. The number of nitro benzene ring substituents is 1. The van der Waals surface area contributed by atoms with Gasteiger partial charge in [-0.1, -0.05) is 0 Å². The summed E-state index contributed by atoms with van der Waals surface area (Å²) in [4.78, 5) is 12.2. The van der Waals surface area contributed by atoms with E-state index in [9.17, 15) is 10.1 Å². The molecule has 0 radical (unpaired) electrons. The van der Waals surface area contributed by atoms with E-state index in [1.807, 2.05) is 6.92 Å². The number of benzene rings is 1. The molecule has 0 atom stereocenters. The molecule has 2 N–H and O–H groups in total. The number of nitro groups is 1. The molecule has 0 saturated carbocycles. The third kappa shape index (κ3) is 2.42. The highest BCUT2D eigenvalue weighted by atomic mass is 16.6. The fraction of sp³-hybridized carbons (Fsp3) is 0.455. The van der Waals surface area contributed by atoms with E-state index >= 15 is 0 Å². The smallest absolute Gasteiger partial charge is 0.271 e. The maximum absolute atomic E-state index is 10.6. The van der Waals surface area contributed by atoms with Gasteiger partial charge in [0, 0.05) is 24.7 Å². The topological polar surface area (TPSA) is 72.4 Å². The zero-order chi connectivity index (χ0) is 12.3. The van der Waals surface area contributed by atoms with Crippen molar-refractivity contribution in [2.45, 2.75) is 26.8 Å². The van der Waals surface area contributed by atoms with Crippen LogP contribution in [0, 0.1) is 10.1 Å². The number of nitrogen functional groups attached to an aromatic ring is 1. The average molecular weight is 223 g/mol. The fourth-order valence-corrected chi connectivity index (χ4v) is 1.73. The van der Waals surface area contributed by atoms with E-state index in [4.69, 9.17) is 5.73 Å². The zero-order valence-corrected chi connectivity index (χ0v) is 9.80. The van der Waals surface area contributed by atoms with Gasteiger partial charge in [-0.25, -0.2) is 0 Å². The molecule has 0 aliphatic rings. The fourth-order valence-electron chi connectivity index (χ4n) is 1.73. The lowest BCUT2D eigenvalue weighted by Gasteiger charge is -2.28. The van der Waals surface area contributed by atoms with E-state index in [1.54, 1.807) is 6.07 Å². The van der Waals surface area contributed by atoms with Crippen molar-refractivity contribution in [2.24, 2.45) is 0 Å². The summed E-state index contributed by atoms with van der Waals surface area (Å²) in [5.74, 6) is 0. The standard InChI is InChI=1S/C11H17N3O2/c1-4-13(8(2)3)11-6-5-9(14(15)16)7-10(11)12/h5-8H,4,12H2,1-3H3. The third-order valence-corrected chi connectivity index (χ3v) is 2.50. The van der Waals surface area contributed by atoms with Gasteiger partial charge < -0.3 is 10.6 Å². The number of nitrogens with zero attached hydrogens (tertiary/aromatic N) is 2. The molecule has 0 unspecified atom stereocenters. The van der Waals surface area contributed by atoms with E-state index in [2.05, 4.69) is 18.7 Å². The van der Waals surface area contributed by atoms with Gasteiger partial charge in [0.05, 0.1) is 16.3 Å². The van der Waals surface area contributed by atoms with Crippen LogP contribution in [0.2, 0.25) is 0 Å². The van der Waals surface area contributed by atoms with Gasteiger partial charge in [-0.15, -0.1) is 0 Å². The summed E-state index contributed by atoms with van der Waals surface area (Å²) in [6.45, 7) is 6.97. The van der Waals surface area contributed by atoms with Crippen LogP contribution in [0.1, 0.15) is 20.8 Å². The number of hydrogen-bond acceptors (Lipinski definition) is 4. The van der Waals surface area contributed by atoms with Crippen molar-refractivity contribution < 1.29 is 4.92 Å². The molecule has 0 aromatic heterocycles. The van der Waals surface area contributed by atoms with E-state index in [0.717, 1.165) is 12.2 Å². The highest BCUT2D eigenvalue weighted by Gasteiger charge is 2.14. The van der Waals surface area contributed by atoms with Gasteiger partial charge in [0.1, 0.15) is 0 Å². The molecule has 1 aromatic rings. The first-order valence-corrected chi connectivity index (χ1v) is 5.28. The van der Waals surface area contributed by atoms with Crippen molar-refractivity contribution in [3.8, 4) is 0 Å². The third-order valence-electron chi connectivity index (χ3n) is 2.50. The molecule has 0 fully saturated rings. The van der Waals surface area contributed by atoms with Crippen molar-refractivity contribution in [3.05, 3.63) is 28.3 Å². The summed E-state index contributed by atoms with van der Waals surface area (Å²) in [6.07, 6.45) is 0. The number of non-ortho nitro benzene ring substituents is 1. The Kier molecular flexibility index (Phi) is 3.71. The Morgan fingerprint density at radius 1 is 1.50 bits per heavy atom. The quantitative estimate of drug-likeness (QED) is 0.483. The van der Waals surface area contributed by atoms with Gasteiger partial charge in [0.15, 0.2) is 0 Å². The summed E-state index contributed by atoms with van der Waals surface area (Å²) in [5, 5.41) is 10.6. The molecular formula is C11H17N3O2. The summed E-state index contributed by atoms with van der Waals surface area (Å²) in [7, 11) is 0. The van der Waals surface area contributed by atoms with Crippen molar-refractivity contribution in [1.29, 1.82) is 0 Å². The van der Waals surface area contributed by atoms with E-state index in [0.29, 0.717) is 11.7 Å². The minimum Gasteiger partial charge on any atom is -0.397 e. The summed E-state index contributed by atoms with van der Waals surface area (Å²) >= 11 is 0. The van der Waals surface area contributed by atoms with Crippen LogP contribution in [-0.4, -0.2) is 17.5 Å². The molecule has 0 heterocycles. The Morgan fingerprint density at radius 3 is 2.50 bits per heavy atom. The molecule has 0 bridgehead atoms. The second-order valence-electron chi connectivity index (χ2n) is 3.88. The Morgan fingerprint density at radius 2 is 2.12 bits per heavy atom. The predicted octanol–water partition coefficient (Wildman–Crippen LogP) is 2.41. The Balaban J connectivity index is 3.11. The largest absolute Gasteiger partial charge is 0.397 e. The highest BCUT2D eigenvalue weighted by Crippen LogP contribution is 2.28. The van der Waals surface area contributed by atoms with Crippen LogP contribution in [0.25, 0.3) is 0 Å². The first-order chi connectivity index (χ1) is 7.47. The molecule has 0 spiro atoms. The van der Waals surface area contributed by atoms with Gasteiger partial charge in [0.2, 0.25) is 0 Å². The van der Waals surface area contributed by atoms with Crippen molar-refractivity contribution in [1.82, 2.24) is 0 Å². The molecule has 0 amide bonds. The molecule has 1 rings (SSSR count). The predicted molar refractivity (Wildman–Crippen MR) is 65.7 cm³/mol. The maximum Gasteiger partial charge on any atom is 0.271 e. The van der Waals surface area contributed by atoms with Crippen LogP contribution < -0.4 is 10.6 Å². The molecule has 0 aliphatic heterocycles. The summed E-state index contributed by atoms with van der Waals surface area (Å²) in [5.41, 5.74) is 7.16. The zero-order valence-electron chi connectivity index (χ0n) is 9.80. The van der Waals surface area contributed by atoms with Gasteiger partial charge in [-0.2, -0.15) is 0 Å². The number of rotatable bonds is 4. The number of anilines is 2. The Labute approximate surface area is 95.0 Å². The Hall–Kier alpha value is -1.78. The molecule has 0 saturated heterocycles. The first-order valence-electron chi connectivity index (χ1n) is 5.28. The highest BCUT2D eigenvalue weighted by molar-refractivity contribution is 5.70. The van der Waals surface area contributed by atoms with Crippen LogP contribution >= 0.6 is 0 Å². The number of nitrogens with two attached hydrogens (primary N) is 1. The lowest BCUT2D eigenvalue weighted by Crippen LogP contribution is -2.30. The van der Waals surface area contributed by atoms with E-state index in [-0.39, 0.29) is 5.69 Å². The SMILES string of the molecule is CCN(c1ccc([N+](=O)[O-])cc1N)C(C)C. The van der Waals surface area contributed by atoms with E-state index in [1.165, 1.54) is 12.1 Å². The molecule has 1 aromatic carbocycles. The molecule has 88 valence electrons. The van der Waals surface area contributed by atoms with Crippen LogP contribution in [0.4, 0.5) is 17.1 Å². The molecule has 5 heteroatoms. The summed E-state index contributed by atoms with van der Waals surface area (Å²) < 4.78 is 0. The molecule has 0 aliphatic carbocycles. The second-order valence-corrected chi connectivity index (χ2v) is 3.88. The lowest BCUT2D eigenvalue weighted by molar-refractivity contribution is -0.384. The van der Waals surface area contributed by atoms with Gasteiger partial charge in [-0.05, 0) is 26.8 Å². The molecular weight excluding hydrogens is 206 g/mol. The minimum atomic E-state index is -0.439. The van der Waals surface area contributed by atoms with Crippen molar-refractivity contribution in [2.75, 3.05) is 17.2 Å². The van der Waals surface area contributed by atoms with Crippen LogP contribution in [-0.2, 0) is 0 Å². The van der Waals surface area contributed by atoms with Crippen molar-refractivity contribution in [3.63, 3.8) is 0 Å². The summed E-state index contributed by atoms with van der Waals surface area (Å²) in [6, 6.07) is 4.91. The maximum atomic E-state index is 10.6. The number of hydrogen-bond donors (Lipinski definition) is 1. The monoisotopic (exact) mass is 223 g/mol. The first kappa shape index (κ1) is 12.3. The molecule has 5 nitrogen and oxygen atoms in total. The van der Waals surface area contributed by atoms with E-state index < -0.39 is 4.92 Å². The Bertz CT molecular complexity index is 391. The minimum absolute atomic E-state index is 0.0288. The van der Waals surface area contributed by atoms with Gasteiger partial charge in [0.25, 0.3) is 5.69 Å². The van der Waals surface area contributed by atoms with Crippen molar-refractivity contribution >= 4 is 17.1 Å². The average Bonchev–Trinajstić information content (AvgIpc) is 2.20. The van der Waals surface area contributed by atoms with Gasteiger partial charge >= 0.3 is 0 Å². The van der Waals surface area contributed by atoms with Crippen LogP contribution in [0.3, 0.4) is 0 Å².